The molecule has 2 aromatic rings. The number of carbonyl (C=O) groups is 1. The van der Waals surface area contributed by atoms with E-state index in [1.54, 1.807) is 36.4 Å². The Labute approximate surface area is 183 Å². The van der Waals surface area contributed by atoms with Gasteiger partial charge in [-0.25, -0.2) is 8.42 Å². The van der Waals surface area contributed by atoms with E-state index >= 15 is 0 Å². The van der Waals surface area contributed by atoms with Crippen molar-refractivity contribution in [1.29, 1.82) is 0 Å². The Morgan fingerprint density at radius 3 is 2.60 bits per heavy atom. The van der Waals surface area contributed by atoms with Crippen LogP contribution in [0.15, 0.2) is 36.1 Å². The van der Waals surface area contributed by atoms with Crippen LogP contribution in [0, 0.1) is 0 Å². The third kappa shape index (κ3) is 3.39. The summed E-state index contributed by atoms with van der Waals surface area (Å²) in [6.07, 6.45) is 2.12. The SMILES string of the molecule is O=C1/C(=C/c2c(Cl)cccc2Cl)Oc2c1ccc1c2CN(C2CCS(=O)(=O)C2)CO1. The van der Waals surface area contributed by atoms with E-state index in [0.29, 0.717) is 52.4 Å². The second kappa shape index (κ2) is 7.27. The standard InChI is InChI=1S/C21H17Cl2NO5S/c22-16-2-1-3-17(23)14(16)8-19-20(25)13-4-5-18-15(21(13)29-19)9-24(11-28-18)12-6-7-30(26,27)10-12/h1-5,8,12H,6-7,9-11H2/b19-8-. The highest BCUT2D eigenvalue weighted by atomic mass is 35.5. The van der Waals surface area contributed by atoms with Crippen LogP contribution >= 0.6 is 23.2 Å². The van der Waals surface area contributed by atoms with Crippen LogP contribution in [0.5, 0.6) is 11.5 Å². The van der Waals surface area contributed by atoms with E-state index in [4.69, 9.17) is 32.7 Å². The molecular weight excluding hydrogens is 449 g/mol. The lowest BCUT2D eigenvalue weighted by Crippen LogP contribution is -2.41. The molecule has 1 atom stereocenters. The van der Waals surface area contributed by atoms with Crippen LogP contribution in [0.4, 0.5) is 0 Å². The summed E-state index contributed by atoms with van der Waals surface area (Å²) < 4.78 is 35.5. The van der Waals surface area contributed by atoms with Crippen LogP contribution in [-0.2, 0) is 16.4 Å². The number of rotatable bonds is 2. The van der Waals surface area contributed by atoms with Crippen molar-refractivity contribution in [3.8, 4) is 11.5 Å². The number of nitrogens with zero attached hydrogens (tertiary/aromatic N) is 1. The molecule has 0 aromatic heterocycles. The van der Waals surface area contributed by atoms with E-state index < -0.39 is 9.84 Å². The van der Waals surface area contributed by atoms with E-state index in [9.17, 15) is 13.2 Å². The molecule has 5 rings (SSSR count). The van der Waals surface area contributed by atoms with Gasteiger partial charge in [0, 0.05) is 28.2 Å². The molecule has 3 heterocycles. The van der Waals surface area contributed by atoms with Crippen molar-refractivity contribution in [2.24, 2.45) is 0 Å². The van der Waals surface area contributed by atoms with E-state index in [2.05, 4.69) is 0 Å². The molecule has 0 saturated carbocycles. The fourth-order valence-corrected chi connectivity index (χ4v) is 6.32. The van der Waals surface area contributed by atoms with Crippen LogP contribution < -0.4 is 9.47 Å². The first kappa shape index (κ1) is 19.9. The van der Waals surface area contributed by atoms with Crippen molar-refractivity contribution in [3.05, 3.63) is 62.8 Å². The number of Topliss-reactive ketones (excluding diaryl/α,β-unsaturated/α-hetero) is 1. The van der Waals surface area contributed by atoms with Crippen molar-refractivity contribution in [2.45, 2.75) is 19.0 Å². The summed E-state index contributed by atoms with van der Waals surface area (Å²) in [6.45, 7) is 0.754. The van der Waals surface area contributed by atoms with Gasteiger partial charge in [-0.3, -0.25) is 9.69 Å². The minimum Gasteiger partial charge on any atom is -0.478 e. The lowest BCUT2D eigenvalue weighted by atomic mass is 10.0. The summed E-state index contributed by atoms with van der Waals surface area (Å²) in [6, 6.07) is 8.44. The molecule has 3 aliphatic rings. The molecule has 3 aliphatic heterocycles. The minimum atomic E-state index is -3.01. The zero-order valence-electron chi connectivity index (χ0n) is 15.7. The van der Waals surface area contributed by atoms with E-state index in [1.807, 2.05) is 4.90 Å². The molecule has 0 bridgehead atoms. The maximum atomic E-state index is 12.9. The summed E-state index contributed by atoms with van der Waals surface area (Å²) in [5.74, 6) is 1.26. The third-order valence-corrected chi connectivity index (χ3v) is 8.05. The lowest BCUT2D eigenvalue weighted by Gasteiger charge is -2.33. The number of allylic oxidation sites excluding steroid dienone is 1. The molecule has 156 valence electrons. The van der Waals surface area contributed by atoms with E-state index in [0.717, 1.165) is 5.56 Å². The fraction of sp³-hybridized carbons (Fsp3) is 0.286. The van der Waals surface area contributed by atoms with Crippen LogP contribution in [0.1, 0.15) is 27.9 Å². The number of hydrogen-bond donors (Lipinski definition) is 0. The molecule has 1 unspecified atom stereocenters. The van der Waals surface area contributed by atoms with E-state index in [1.165, 1.54) is 0 Å². The second-order valence-corrected chi connectivity index (χ2v) is 10.6. The minimum absolute atomic E-state index is 0.104. The largest absolute Gasteiger partial charge is 0.478 e. The van der Waals surface area contributed by atoms with Gasteiger partial charge >= 0.3 is 0 Å². The first-order chi connectivity index (χ1) is 14.3. The zero-order valence-corrected chi connectivity index (χ0v) is 18.1. The number of fused-ring (bicyclic) bond motifs is 3. The van der Waals surface area contributed by atoms with E-state index in [-0.39, 0.29) is 29.1 Å². The normalized spacial score (nSPS) is 23.7. The van der Waals surface area contributed by atoms with Crippen LogP contribution in [0.3, 0.4) is 0 Å². The number of sulfone groups is 1. The second-order valence-electron chi connectivity index (χ2n) is 7.57. The summed E-state index contributed by atoms with van der Waals surface area (Å²) in [5, 5.41) is 0.836. The highest BCUT2D eigenvalue weighted by Gasteiger charge is 2.38. The molecule has 30 heavy (non-hydrogen) atoms. The number of carbonyl (C=O) groups excluding carboxylic acids is 1. The first-order valence-corrected chi connectivity index (χ1v) is 12.0. The molecule has 1 fully saturated rings. The van der Waals surface area contributed by atoms with Crippen molar-refractivity contribution < 1.29 is 22.7 Å². The predicted octanol–water partition coefficient (Wildman–Crippen LogP) is 3.95. The van der Waals surface area contributed by atoms with Gasteiger partial charge in [0.15, 0.2) is 15.6 Å². The quantitative estimate of drug-likeness (QED) is 0.625. The molecule has 0 aliphatic carbocycles. The van der Waals surface area contributed by atoms with Gasteiger partial charge in [0.05, 0.1) is 22.6 Å². The molecule has 0 amide bonds. The van der Waals surface area contributed by atoms with Gasteiger partial charge in [-0.1, -0.05) is 29.3 Å². The lowest BCUT2D eigenvalue weighted by molar-refractivity contribution is 0.0634. The van der Waals surface area contributed by atoms with Crippen molar-refractivity contribution in [1.82, 2.24) is 4.90 Å². The smallest absolute Gasteiger partial charge is 0.231 e. The topological polar surface area (TPSA) is 72.9 Å². The maximum absolute atomic E-state index is 12.9. The Morgan fingerprint density at radius 1 is 1.13 bits per heavy atom. The molecule has 0 N–H and O–H groups in total. The average molecular weight is 466 g/mol. The van der Waals surface area contributed by atoms with Crippen LogP contribution in [0.2, 0.25) is 10.0 Å². The third-order valence-electron chi connectivity index (χ3n) is 5.64. The number of benzene rings is 2. The Hall–Kier alpha value is -2.06. The fourth-order valence-electron chi connectivity index (χ4n) is 4.05. The molecule has 0 radical (unpaired) electrons. The maximum Gasteiger partial charge on any atom is 0.231 e. The summed E-state index contributed by atoms with van der Waals surface area (Å²) in [5.41, 5.74) is 1.69. The predicted molar refractivity (Wildman–Crippen MR) is 114 cm³/mol. The van der Waals surface area contributed by atoms with Crippen molar-refractivity contribution >= 4 is 44.9 Å². The number of ether oxygens (including phenoxy) is 2. The Kier molecular flexibility index (Phi) is 4.82. The molecule has 0 spiro atoms. The van der Waals surface area contributed by atoms with Crippen molar-refractivity contribution in [3.63, 3.8) is 0 Å². The van der Waals surface area contributed by atoms with Gasteiger partial charge in [-0.15, -0.1) is 0 Å². The van der Waals surface area contributed by atoms with Gasteiger partial charge in [0.2, 0.25) is 5.78 Å². The monoisotopic (exact) mass is 465 g/mol. The van der Waals surface area contributed by atoms with Gasteiger partial charge in [0.25, 0.3) is 0 Å². The number of ketones is 1. The molecule has 2 aromatic carbocycles. The Bertz CT molecular complexity index is 1190. The molecule has 1 saturated heterocycles. The summed E-state index contributed by atoms with van der Waals surface area (Å²) in [4.78, 5) is 14.9. The Morgan fingerprint density at radius 2 is 1.90 bits per heavy atom. The van der Waals surface area contributed by atoms with Gasteiger partial charge < -0.3 is 9.47 Å². The number of halogens is 2. The van der Waals surface area contributed by atoms with Gasteiger partial charge in [0.1, 0.15) is 18.2 Å². The van der Waals surface area contributed by atoms with Crippen LogP contribution in [-0.4, -0.2) is 43.4 Å². The van der Waals surface area contributed by atoms with Crippen molar-refractivity contribution in [2.75, 3.05) is 18.2 Å². The zero-order chi connectivity index (χ0) is 21.0. The number of hydrogen-bond acceptors (Lipinski definition) is 6. The highest BCUT2D eigenvalue weighted by Crippen LogP contribution is 2.43. The van der Waals surface area contributed by atoms with Gasteiger partial charge in [-0.05, 0) is 36.8 Å². The molecule has 6 nitrogen and oxygen atoms in total. The highest BCUT2D eigenvalue weighted by molar-refractivity contribution is 7.91. The molecular formula is C21H17Cl2NO5S. The Balaban J connectivity index is 1.48. The average Bonchev–Trinajstić information content (AvgIpc) is 3.24. The molecule has 9 heteroatoms. The summed E-state index contributed by atoms with van der Waals surface area (Å²) in [7, 11) is -3.01. The van der Waals surface area contributed by atoms with Crippen LogP contribution in [0.25, 0.3) is 6.08 Å². The first-order valence-electron chi connectivity index (χ1n) is 9.44. The summed E-state index contributed by atoms with van der Waals surface area (Å²) >= 11 is 12.5. The van der Waals surface area contributed by atoms with Gasteiger partial charge in [-0.2, -0.15) is 0 Å².